The third kappa shape index (κ3) is 2.92. The number of hydrogen-bond donors (Lipinski definition) is 3. The summed E-state index contributed by atoms with van der Waals surface area (Å²) >= 11 is 0. The molecule has 0 fully saturated rings. The van der Waals surface area contributed by atoms with Gasteiger partial charge in [-0.1, -0.05) is 12.1 Å². The maximum absolute atomic E-state index is 11.8. The van der Waals surface area contributed by atoms with Crippen molar-refractivity contribution in [2.75, 3.05) is 0 Å². The molecule has 5 nitrogen and oxygen atoms in total. The Morgan fingerprint density at radius 3 is 2.65 bits per heavy atom. The first kappa shape index (κ1) is 11.3. The van der Waals surface area contributed by atoms with Gasteiger partial charge in [0, 0.05) is 18.3 Å². The number of carbonyl (C=O) groups is 1. The topological polar surface area (TPSA) is 83.8 Å². The zero-order chi connectivity index (χ0) is 12.1. The molecule has 1 aromatic heterocycles. The molecule has 0 aliphatic heterocycles. The Labute approximate surface area is 99.0 Å². The van der Waals surface area contributed by atoms with Gasteiger partial charge >= 0.3 is 0 Å². The molecule has 0 unspecified atom stereocenters. The Bertz CT molecular complexity index is 476. The molecule has 0 atom stereocenters. The van der Waals surface area contributed by atoms with Crippen LogP contribution in [0, 0.1) is 0 Å². The number of nitrogens with one attached hydrogen (secondary N) is 2. The largest absolute Gasteiger partial charge is 0.346 e. The third-order valence-corrected chi connectivity index (χ3v) is 2.45. The van der Waals surface area contributed by atoms with Crippen molar-refractivity contribution < 1.29 is 4.79 Å². The van der Waals surface area contributed by atoms with Crippen LogP contribution in [0.15, 0.2) is 36.5 Å². The predicted molar refractivity (Wildman–Crippen MR) is 64.1 cm³/mol. The smallest absolute Gasteiger partial charge is 0.251 e. The number of aromatic nitrogens is 2. The number of nitrogens with two attached hydrogens (primary N) is 1. The fraction of sp³-hybridized carbons (Fsp3) is 0.167. The first-order valence-corrected chi connectivity index (χ1v) is 5.35. The predicted octanol–water partition coefficient (Wildman–Crippen LogP) is 0.798. The number of H-pyrrole nitrogens is 1. The molecular formula is C12H14N4O. The van der Waals surface area contributed by atoms with E-state index in [2.05, 4.69) is 15.5 Å². The second kappa shape index (κ2) is 5.27. The average Bonchev–Trinajstić information content (AvgIpc) is 2.89. The number of carbonyl (C=O) groups excluding carboxylic acids is 1. The van der Waals surface area contributed by atoms with Gasteiger partial charge in [-0.25, -0.2) is 0 Å². The van der Waals surface area contributed by atoms with E-state index in [1.54, 1.807) is 18.3 Å². The van der Waals surface area contributed by atoms with Crippen molar-refractivity contribution in [1.29, 1.82) is 0 Å². The highest BCUT2D eigenvalue weighted by Gasteiger charge is 2.04. The van der Waals surface area contributed by atoms with Gasteiger partial charge in [0.25, 0.3) is 5.91 Å². The monoisotopic (exact) mass is 230 g/mol. The van der Waals surface area contributed by atoms with Crippen molar-refractivity contribution in [3.05, 3.63) is 53.3 Å². The molecular weight excluding hydrogens is 216 g/mol. The van der Waals surface area contributed by atoms with Gasteiger partial charge in [-0.2, -0.15) is 5.10 Å². The molecule has 2 rings (SSSR count). The zero-order valence-electron chi connectivity index (χ0n) is 9.31. The normalized spacial score (nSPS) is 10.2. The van der Waals surface area contributed by atoms with E-state index >= 15 is 0 Å². The molecule has 1 heterocycles. The molecule has 0 saturated carbocycles. The van der Waals surface area contributed by atoms with Gasteiger partial charge < -0.3 is 11.1 Å². The Morgan fingerprint density at radius 1 is 1.29 bits per heavy atom. The summed E-state index contributed by atoms with van der Waals surface area (Å²) in [5, 5.41) is 9.38. The van der Waals surface area contributed by atoms with Crippen LogP contribution < -0.4 is 11.1 Å². The molecule has 1 amide bonds. The van der Waals surface area contributed by atoms with Gasteiger partial charge in [-0.05, 0) is 23.8 Å². The van der Waals surface area contributed by atoms with Crippen LogP contribution in [-0.4, -0.2) is 16.1 Å². The summed E-state index contributed by atoms with van der Waals surface area (Å²) in [5.74, 6) is -0.108. The molecule has 0 saturated heterocycles. The van der Waals surface area contributed by atoms with Crippen LogP contribution in [0.3, 0.4) is 0 Å². The number of benzene rings is 1. The Balaban J connectivity index is 1.95. The first-order chi connectivity index (χ1) is 8.29. The van der Waals surface area contributed by atoms with Crippen molar-refractivity contribution >= 4 is 5.91 Å². The quantitative estimate of drug-likeness (QED) is 0.726. The van der Waals surface area contributed by atoms with Gasteiger partial charge in [0.15, 0.2) is 0 Å². The van der Waals surface area contributed by atoms with E-state index in [4.69, 9.17) is 5.73 Å². The standard InChI is InChI=1S/C12H14N4O/c13-7-9-1-3-10(4-2-9)12(17)14-8-11-5-6-15-16-11/h1-6H,7-8,13H2,(H,14,17)(H,15,16). The summed E-state index contributed by atoms with van der Waals surface area (Å²) in [7, 11) is 0. The molecule has 88 valence electrons. The number of nitrogens with zero attached hydrogens (tertiary/aromatic N) is 1. The minimum atomic E-state index is -0.108. The minimum absolute atomic E-state index is 0.108. The van der Waals surface area contributed by atoms with Gasteiger partial charge in [0.1, 0.15) is 0 Å². The second-order valence-corrected chi connectivity index (χ2v) is 3.67. The maximum atomic E-state index is 11.8. The minimum Gasteiger partial charge on any atom is -0.346 e. The molecule has 0 bridgehead atoms. The SMILES string of the molecule is NCc1ccc(C(=O)NCc2ccn[nH]2)cc1. The highest BCUT2D eigenvalue weighted by atomic mass is 16.1. The number of rotatable bonds is 4. The highest BCUT2D eigenvalue weighted by molar-refractivity contribution is 5.94. The zero-order valence-corrected chi connectivity index (χ0v) is 9.31. The summed E-state index contributed by atoms with van der Waals surface area (Å²) in [6.07, 6.45) is 1.65. The molecule has 4 N–H and O–H groups in total. The van der Waals surface area contributed by atoms with Crippen molar-refractivity contribution in [2.45, 2.75) is 13.1 Å². The van der Waals surface area contributed by atoms with Gasteiger partial charge in [0.05, 0.1) is 12.2 Å². The van der Waals surface area contributed by atoms with E-state index in [-0.39, 0.29) is 5.91 Å². The van der Waals surface area contributed by atoms with Crippen molar-refractivity contribution in [3.63, 3.8) is 0 Å². The van der Waals surface area contributed by atoms with E-state index < -0.39 is 0 Å². The van der Waals surface area contributed by atoms with E-state index in [0.717, 1.165) is 11.3 Å². The highest BCUT2D eigenvalue weighted by Crippen LogP contribution is 2.04. The summed E-state index contributed by atoms with van der Waals surface area (Å²) in [5.41, 5.74) is 8.00. The number of amides is 1. The van der Waals surface area contributed by atoms with Crippen LogP contribution in [0.1, 0.15) is 21.6 Å². The van der Waals surface area contributed by atoms with E-state index in [0.29, 0.717) is 18.7 Å². The fourth-order valence-corrected chi connectivity index (χ4v) is 1.45. The summed E-state index contributed by atoms with van der Waals surface area (Å²) in [4.78, 5) is 11.8. The third-order valence-electron chi connectivity index (χ3n) is 2.45. The van der Waals surface area contributed by atoms with Crippen LogP contribution in [0.5, 0.6) is 0 Å². The van der Waals surface area contributed by atoms with Crippen LogP contribution in [0.25, 0.3) is 0 Å². The van der Waals surface area contributed by atoms with Crippen LogP contribution in [0.4, 0.5) is 0 Å². The van der Waals surface area contributed by atoms with Crippen molar-refractivity contribution in [2.24, 2.45) is 5.73 Å². The molecule has 2 aromatic rings. The Morgan fingerprint density at radius 2 is 2.06 bits per heavy atom. The lowest BCUT2D eigenvalue weighted by Gasteiger charge is -2.04. The summed E-state index contributed by atoms with van der Waals surface area (Å²) < 4.78 is 0. The molecule has 5 heteroatoms. The Hall–Kier alpha value is -2.14. The second-order valence-electron chi connectivity index (χ2n) is 3.67. The van der Waals surface area contributed by atoms with Crippen molar-refractivity contribution in [1.82, 2.24) is 15.5 Å². The number of aromatic amines is 1. The van der Waals surface area contributed by atoms with Gasteiger partial charge in [-0.3, -0.25) is 9.89 Å². The first-order valence-electron chi connectivity index (χ1n) is 5.35. The maximum Gasteiger partial charge on any atom is 0.251 e. The lowest BCUT2D eigenvalue weighted by atomic mass is 10.1. The number of hydrogen-bond acceptors (Lipinski definition) is 3. The van der Waals surface area contributed by atoms with Crippen molar-refractivity contribution in [3.8, 4) is 0 Å². The van der Waals surface area contributed by atoms with E-state index in [1.165, 1.54) is 0 Å². The summed E-state index contributed by atoms with van der Waals surface area (Å²) in [6, 6.07) is 9.06. The lowest BCUT2D eigenvalue weighted by Crippen LogP contribution is -2.22. The summed E-state index contributed by atoms with van der Waals surface area (Å²) in [6.45, 7) is 0.924. The van der Waals surface area contributed by atoms with Gasteiger partial charge in [0.2, 0.25) is 0 Å². The van der Waals surface area contributed by atoms with E-state index in [1.807, 2.05) is 18.2 Å². The fourth-order valence-electron chi connectivity index (χ4n) is 1.45. The Kier molecular flexibility index (Phi) is 3.52. The van der Waals surface area contributed by atoms with Crippen LogP contribution in [0.2, 0.25) is 0 Å². The lowest BCUT2D eigenvalue weighted by molar-refractivity contribution is 0.0950. The van der Waals surface area contributed by atoms with Gasteiger partial charge in [-0.15, -0.1) is 0 Å². The molecule has 0 spiro atoms. The van der Waals surface area contributed by atoms with Crippen LogP contribution in [-0.2, 0) is 13.1 Å². The van der Waals surface area contributed by atoms with E-state index in [9.17, 15) is 4.79 Å². The molecule has 0 aliphatic carbocycles. The molecule has 0 aliphatic rings. The molecule has 17 heavy (non-hydrogen) atoms. The molecule has 1 aromatic carbocycles. The van der Waals surface area contributed by atoms with Crippen LogP contribution >= 0.6 is 0 Å². The average molecular weight is 230 g/mol. The molecule has 0 radical (unpaired) electrons.